The average molecular weight is 399 g/mol. The lowest BCUT2D eigenvalue weighted by molar-refractivity contribution is 0.480. The van der Waals surface area contributed by atoms with Crippen molar-refractivity contribution in [1.29, 1.82) is 0 Å². The summed E-state index contributed by atoms with van der Waals surface area (Å²) in [4.78, 5) is 4.08. The molecule has 0 spiro atoms. The molecule has 0 saturated heterocycles. The van der Waals surface area contributed by atoms with E-state index in [0.717, 1.165) is 21.2 Å². The first-order valence-corrected chi connectivity index (χ1v) is 10.3. The quantitative estimate of drug-likeness (QED) is 0.572. The highest BCUT2D eigenvalue weighted by atomic mass is 32.2. The van der Waals surface area contributed by atoms with Gasteiger partial charge in [0.25, 0.3) is 0 Å². The molecule has 3 rings (SSSR count). The van der Waals surface area contributed by atoms with Gasteiger partial charge in [-0.3, -0.25) is 0 Å². The number of sulfonamides is 1. The maximum atomic E-state index is 11.4. The van der Waals surface area contributed by atoms with E-state index in [9.17, 15) is 13.5 Å². The normalized spacial score (nSPS) is 11.1. The number of hydrogen-bond acceptors (Lipinski definition) is 6. The largest absolute Gasteiger partial charge is 0.506 e. The van der Waals surface area contributed by atoms with Gasteiger partial charge < -0.3 is 10.8 Å². The van der Waals surface area contributed by atoms with E-state index < -0.39 is 10.0 Å². The van der Waals surface area contributed by atoms with Crippen molar-refractivity contribution in [3.63, 3.8) is 0 Å². The predicted molar refractivity (Wildman–Crippen MR) is 109 cm³/mol. The van der Waals surface area contributed by atoms with E-state index in [1.165, 1.54) is 11.3 Å². The number of nitrogens with zero attached hydrogens (tertiary/aromatic N) is 1. The SMILES string of the molecule is C=CS(=O)(=O)NCc1cccc(CC#Cc2cc(O)c3nc(N)sc3c2)c1. The molecule has 138 valence electrons. The molecule has 0 atom stereocenters. The smallest absolute Gasteiger partial charge is 0.233 e. The Hall–Kier alpha value is -2.86. The number of nitrogens with one attached hydrogen (secondary N) is 1. The molecule has 2 aromatic carbocycles. The number of aromatic nitrogens is 1. The van der Waals surface area contributed by atoms with E-state index in [2.05, 4.69) is 28.1 Å². The molecule has 1 heterocycles. The van der Waals surface area contributed by atoms with Crippen molar-refractivity contribution >= 4 is 36.7 Å². The molecule has 0 radical (unpaired) electrons. The first kappa shape index (κ1) is 18.9. The minimum atomic E-state index is -3.45. The molecule has 0 aliphatic rings. The molecule has 6 nitrogen and oxygen atoms in total. The van der Waals surface area contributed by atoms with Crippen LogP contribution in [0.3, 0.4) is 0 Å². The Kier molecular flexibility index (Phi) is 5.46. The van der Waals surface area contributed by atoms with Crippen molar-refractivity contribution in [3.8, 4) is 17.6 Å². The van der Waals surface area contributed by atoms with E-state index >= 15 is 0 Å². The van der Waals surface area contributed by atoms with Crippen LogP contribution in [0.1, 0.15) is 16.7 Å². The number of anilines is 1. The fourth-order valence-corrected chi connectivity index (χ4v) is 3.72. The van der Waals surface area contributed by atoms with E-state index in [4.69, 9.17) is 5.73 Å². The highest BCUT2D eigenvalue weighted by molar-refractivity contribution is 7.92. The maximum absolute atomic E-state index is 11.4. The van der Waals surface area contributed by atoms with Crippen LogP contribution >= 0.6 is 11.3 Å². The topological polar surface area (TPSA) is 105 Å². The zero-order valence-corrected chi connectivity index (χ0v) is 15.9. The number of thiazole rings is 1. The van der Waals surface area contributed by atoms with Crippen LogP contribution in [0.5, 0.6) is 5.75 Å². The van der Waals surface area contributed by atoms with Gasteiger partial charge in [-0.2, -0.15) is 0 Å². The third-order valence-electron chi connectivity index (χ3n) is 3.70. The van der Waals surface area contributed by atoms with E-state index in [1.807, 2.05) is 30.3 Å². The molecule has 0 fully saturated rings. The summed E-state index contributed by atoms with van der Waals surface area (Å²) in [5.74, 6) is 6.14. The lowest BCUT2D eigenvalue weighted by Crippen LogP contribution is -2.20. The molecule has 0 amide bonds. The first-order valence-electron chi connectivity index (χ1n) is 7.94. The van der Waals surface area contributed by atoms with Crippen molar-refractivity contribution in [2.45, 2.75) is 13.0 Å². The zero-order chi connectivity index (χ0) is 19.4. The van der Waals surface area contributed by atoms with Gasteiger partial charge in [0, 0.05) is 23.9 Å². The fourth-order valence-electron chi connectivity index (χ4n) is 2.44. The molecule has 8 heteroatoms. The van der Waals surface area contributed by atoms with Gasteiger partial charge in [-0.1, -0.05) is 54.0 Å². The Balaban J connectivity index is 1.72. The van der Waals surface area contributed by atoms with Gasteiger partial charge in [-0.25, -0.2) is 18.1 Å². The number of benzene rings is 2. The van der Waals surface area contributed by atoms with E-state index in [1.54, 1.807) is 6.07 Å². The Morgan fingerprint density at radius 3 is 2.85 bits per heavy atom. The predicted octanol–water partition coefficient (Wildman–Crippen LogP) is 2.74. The Labute approximate surface area is 161 Å². The van der Waals surface area contributed by atoms with Crippen molar-refractivity contribution in [2.24, 2.45) is 0 Å². The number of nitrogen functional groups attached to an aromatic ring is 1. The fraction of sp³-hybridized carbons (Fsp3) is 0.105. The molecule has 0 aliphatic heterocycles. The van der Waals surface area contributed by atoms with Crippen molar-refractivity contribution < 1.29 is 13.5 Å². The van der Waals surface area contributed by atoms with E-state index in [0.29, 0.717) is 22.6 Å². The molecule has 0 saturated carbocycles. The minimum Gasteiger partial charge on any atom is -0.506 e. The van der Waals surface area contributed by atoms with Gasteiger partial charge in [0.2, 0.25) is 10.0 Å². The van der Waals surface area contributed by atoms with Crippen LogP contribution in [0.15, 0.2) is 48.4 Å². The van der Waals surface area contributed by atoms with Crippen molar-refractivity contribution in [3.05, 3.63) is 65.1 Å². The third-order valence-corrected chi connectivity index (χ3v) is 5.52. The number of hydrogen-bond donors (Lipinski definition) is 3. The Morgan fingerprint density at radius 2 is 2.07 bits per heavy atom. The summed E-state index contributed by atoms with van der Waals surface area (Å²) < 4.78 is 26.1. The number of rotatable bonds is 5. The molecule has 4 N–H and O–H groups in total. The van der Waals surface area contributed by atoms with E-state index in [-0.39, 0.29) is 12.3 Å². The first-order chi connectivity index (χ1) is 12.9. The summed E-state index contributed by atoms with van der Waals surface area (Å²) in [6.07, 6.45) is 0.492. The number of fused-ring (bicyclic) bond motifs is 1. The molecular weight excluding hydrogens is 382 g/mol. The standard InChI is InChI=1S/C19H17N3O3S2/c1-2-27(24,25)21-12-15-8-4-6-13(9-15)5-3-7-14-10-16(23)18-17(11-14)26-19(20)22-18/h2,4,6,8-11,21,23H,1,5,12H2,(H2,20,22). The van der Waals surface area contributed by atoms with Gasteiger partial charge in [-0.15, -0.1) is 0 Å². The van der Waals surface area contributed by atoms with Crippen molar-refractivity contribution in [1.82, 2.24) is 9.71 Å². The van der Waals surface area contributed by atoms with Crippen LogP contribution in [-0.4, -0.2) is 18.5 Å². The monoisotopic (exact) mass is 399 g/mol. The van der Waals surface area contributed by atoms with Gasteiger partial charge >= 0.3 is 0 Å². The summed E-state index contributed by atoms with van der Waals surface area (Å²) in [7, 11) is -3.45. The highest BCUT2D eigenvalue weighted by Gasteiger charge is 2.07. The lowest BCUT2D eigenvalue weighted by atomic mass is 10.1. The molecule has 3 aromatic rings. The van der Waals surface area contributed by atoms with Crippen molar-refractivity contribution in [2.75, 3.05) is 5.73 Å². The van der Waals surface area contributed by atoms with Crippen LogP contribution in [-0.2, 0) is 23.0 Å². The molecular formula is C19H17N3O3S2. The number of phenols is 1. The molecule has 0 bridgehead atoms. The summed E-state index contributed by atoms with van der Waals surface area (Å²) in [6.45, 7) is 3.45. The number of phenolic OH excluding ortho intramolecular Hbond substituents is 1. The second-order valence-electron chi connectivity index (χ2n) is 5.73. The molecule has 1 aromatic heterocycles. The average Bonchev–Trinajstić information content (AvgIpc) is 3.01. The van der Waals surface area contributed by atoms with Crippen LogP contribution < -0.4 is 10.5 Å². The second kappa shape index (κ2) is 7.80. The summed E-state index contributed by atoms with van der Waals surface area (Å²) >= 11 is 1.30. The number of aromatic hydroxyl groups is 1. The highest BCUT2D eigenvalue weighted by Crippen LogP contribution is 2.31. The Bertz CT molecular complexity index is 1170. The van der Waals surface area contributed by atoms with Crippen LogP contribution in [0.4, 0.5) is 5.13 Å². The maximum Gasteiger partial charge on any atom is 0.233 e. The molecule has 27 heavy (non-hydrogen) atoms. The summed E-state index contributed by atoms with van der Waals surface area (Å²) in [5, 5.41) is 11.3. The second-order valence-corrected chi connectivity index (χ2v) is 8.50. The van der Waals surface area contributed by atoms with Gasteiger partial charge in [0.05, 0.1) is 4.70 Å². The molecule has 0 aliphatic carbocycles. The van der Waals surface area contributed by atoms with Crippen LogP contribution in [0, 0.1) is 11.8 Å². The summed E-state index contributed by atoms with van der Waals surface area (Å²) in [5.41, 5.74) is 8.63. The Morgan fingerprint density at radius 1 is 1.30 bits per heavy atom. The minimum absolute atomic E-state index is 0.0567. The van der Waals surface area contributed by atoms with Crippen LogP contribution in [0.25, 0.3) is 10.2 Å². The third kappa shape index (κ3) is 4.86. The van der Waals surface area contributed by atoms with Gasteiger partial charge in [-0.05, 0) is 23.3 Å². The van der Waals surface area contributed by atoms with Crippen LogP contribution in [0.2, 0.25) is 0 Å². The lowest BCUT2D eigenvalue weighted by Gasteiger charge is -2.04. The zero-order valence-electron chi connectivity index (χ0n) is 14.3. The number of nitrogens with two attached hydrogens (primary N) is 1. The van der Waals surface area contributed by atoms with Gasteiger partial charge in [0.15, 0.2) is 5.13 Å². The summed E-state index contributed by atoms with van der Waals surface area (Å²) in [6, 6.07) is 10.9. The molecule has 0 unspecified atom stereocenters. The van der Waals surface area contributed by atoms with Gasteiger partial charge in [0.1, 0.15) is 11.3 Å².